The smallest absolute Gasteiger partial charge is 0.271 e. The zero-order valence-electron chi connectivity index (χ0n) is 15.1. The predicted molar refractivity (Wildman–Crippen MR) is 101 cm³/mol. The van der Waals surface area contributed by atoms with Crippen LogP contribution >= 0.6 is 0 Å². The summed E-state index contributed by atoms with van der Waals surface area (Å²) in [7, 11) is 1.31. The highest BCUT2D eigenvalue weighted by molar-refractivity contribution is 5.74. The van der Waals surface area contributed by atoms with E-state index in [-0.39, 0.29) is 36.0 Å². The molecular formula is C17H21N3O8. The highest BCUT2D eigenvalue weighted by Crippen LogP contribution is 2.19. The van der Waals surface area contributed by atoms with Crippen molar-refractivity contribution in [3.8, 4) is 5.75 Å². The van der Waals surface area contributed by atoms with E-state index in [2.05, 4.69) is 16.0 Å². The number of hydrogen-bond donors (Lipinski definition) is 5. The Labute approximate surface area is 158 Å². The standard InChI is InChI=1S/C17H21N3O8/c1-27-17-11(15(25)16(17)26)19-4-2-3-18-9-10(14(24)13(9)23)20-5-8-12(22)7(21)6-28-8/h7-8,12,18-22H,2-6H2,1H3/t7-,8+,12-/m0/s1. The van der Waals surface area contributed by atoms with Crippen LogP contribution in [0.2, 0.25) is 0 Å². The van der Waals surface area contributed by atoms with E-state index in [0.29, 0.717) is 19.5 Å². The van der Waals surface area contributed by atoms with Crippen molar-refractivity contribution < 1.29 is 19.7 Å². The summed E-state index contributed by atoms with van der Waals surface area (Å²) >= 11 is 0. The van der Waals surface area contributed by atoms with E-state index in [1.807, 2.05) is 0 Å². The minimum atomic E-state index is -1.06. The third-order valence-corrected chi connectivity index (χ3v) is 4.67. The van der Waals surface area contributed by atoms with Gasteiger partial charge in [0.25, 0.3) is 21.7 Å². The van der Waals surface area contributed by atoms with Crippen LogP contribution in [0.1, 0.15) is 6.42 Å². The molecule has 1 fully saturated rings. The summed E-state index contributed by atoms with van der Waals surface area (Å²) in [6.45, 7) is 0.772. The first-order valence-electron chi connectivity index (χ1n) is 8.76. The number of rotatable bonds is 10. The molecule has 0 aliphatic carbocycles. The van der Waals surface area contributed by atoms with Gasteiger partial charge in [-0.3, -0.25) is 19.2 Å². The van der Waals surface area contributed by atoms with Gasteiger partial charge >= 0.3 is 0 Å². The van der Waals surface area contributed by atoms with Crippen LogP contribution in [0, 0.1) is 0 Å². The van der Waals surface area contributed by atoms with Crippen molar-refractivity contribution in [1.82, 2.24) is 0 Å². The van der Waals surface area contributed by atoms with Crippen LogP contribution in [-0.4, -0.2) is 61.9 Å². The molecule has 1 aliphatic heterocycles. The first-order valence-corrected chi connectivity index (χ1v) is 8.76. The van der Waals surface area contributed by atoms with Crippen LogP contribution in [0.25, 0.3) is 0 Å². The molecule has 0 amide bonds. The van der Waals surface area contributed by atoms with E-state index >= 15 is 0 Å². The van der Waals surface area contributed by atoms with Gasteiger partial charge in [-0.15, -0.1) is 0 Å². The number of aliphatic hydroxyl groups is 2. The molecule has 0 aromatic heterocycles. The summed E-state index contributed by atoms with van der Waals surface area (Å²) in [5, 5.41) is 27.6. The second-order valence-electron chi connectivity index (χ2n) is 6.49. The van der Waals surface area contributed by atoms with Gasteiger partial charge in [0.15, 0.2) is 5.75 Å². The van der Waals surface area contributed by atoms with Gasteiger partial charge in [-0.1, -0.05) is 0 Å². The van der Waals surface area contributed by atoms with Crippen LogP contribution < -0.4 is 42.4 Å². The predicted octanol–water partition coefficient (Wildman–Crippen LogP) is -2.67. The van der Waals surface area contributed by atoms with Crippen molar-refractivity contribution >= 4 is 17.1 Å². The summed E-state index contributed by atoms with van der Waals surface area (Å²) in [6, 6.07) is 0. The van der Waals surface area contributed by atoms with Crippen LogP contribution in [0.15, 0.2) is 19.2 Å². The van der Waals surface area contributed by atoms with Gasteiger partial charge in [-0.05, 0) is 6.42 Å². The van der Waals surface area contributed by atoms with Gasteiger partial charge in [0.05, 0.1) is 13.7 Å². The summed E-state index contributed by atoms with van der Waals surface area (Å²) < 4.78 is 10.0. The maximum absolute atomic E-state index is 11.7. The van der Waals surface area contributed by atoms with Crippen molar-refractivity contribution in [2.45, 2.75) is 24.7 Å². The molecular weight excluding hydrogens is 374 g/mol. The Balaban J connectivity index is 1.45. The quantitative estimate of drug-likeness (QED) is 0.211. The molecule has 1 aliphatic rings. The second kappa shape index (κ2) is 8.09. The molecule has 2 aromatic carbocycles. The molecule has 11 heteroatoms. The number of nitrogens with one attached hydrogen (secondary N) is 3. The van der Waals surface area contributed by atoms with Crippen molar-refractivity contribution in [3.63, 3.8) is 0 Å². The van der Waals surface area contributed by atoms with Crippen molar-refractivity contribution in [2.24, 2.45) is 0 Å². The third-order valence-electron chi connectivity index (χ3n) is 4.67. The van der Waals surface area contributed by atoms with Crippen LogP contribution in [0.3, 0.4) is 0 Å². The molecule has 11 nitrogen and oxygen atoms in total. The Morgan fingerprint density at radius 1 is 0.929 bits per heavy atom. The molecule has 152 valence electrons. The molecule has 3 atom stereocenters. The van der Waals surface area contributed by atoms with Crippen LogP contribution in [0.5, 0.6) is 5.75 Å². The van der Waals surface area contributed by atoms with Crippen molar-refractivity contribution in [2.75, 3.05) is 49.3 Å². The highest BCUT2D eigenvalue weighted by Gasteiger charge is 2.35. The molecule has 28 heavy (non-hydrogen) atoms. The van der Waals surface area contributed by atoms with Crippen molar-refractivity contribution in [1.29, 1.82) is 0 Å². The lowest BCUT2D eigenvalue weighted by Gasteiger charge is -2.19. The maximum Gasteiger partial charge on any atom is 0.271 e. The first-order chi connectivity index (χ1) is 13.4. The zero-order valence-corrected chi connectivity index (χ0v) is 15.1. The number of methoxy groups -OCH3 is 1. The normalized spacial score (nSPS) is 21.9. The monoisotopic (exact) mass is 395 g/mol. The van der Waals surface area contributed by atoms with E-state index in [1.54, 1.807) is 0 Å². The lowest BCUT2D eigenvalue weighted by Crippen LogP contribution is -2.41. The summed E-state index contributed by atoms with van der Waals surface area (Å²) in [4.78, 5) is 46.1. The van der Waals surface area contributed by atoms with Crippen LogP contribution in [0.4, 0.5) is 17.1 Å². The number of ether oxygens (including phenoxy) is 2. The Morgan fingerprint density at radius 2 is 1.50 bits per heavy atom. The molecule has 1 saturated heterocycles. The Bertz CT molecular complexity index is 986. The van der Waals surface area contributed by atoms with Crippen molar-refractivity contribution in [3.05, 3.63) is 40.9 Å². The molecule has 0 saturated carbocycles. The summed E-state index contributed by atoms with van der Waals surface area (Å²) in [5.41, 5.74) is -2.20. The van der Waals surface area contributed by atoms with Gasteiger partial charge in [-0.25, -0.2) is 0 Å². The zero-order chi connectivity index (χ0) is 20.4. The minimum Gasteiger partial charge on any atom is -0.491 e. The fourth-order valence-electron chi connectivity index (χ4n) is 3.02. The van der Waals surface area contributed by atoms with E-state index in [1.165, 1.54) is 7.11 Å². The molecule has 0 spiro atoms. The third kappa shape index (κ3) is 3.51. The number of aliphatic hydroxyl groups excluding tert-OH is 2. The van der Waals surface area contributed by atoms with E-state index in [4.69, 9.17) is 9.47 Å². The molecule has 0 radical (unpaired) electrons. The fraction of sp³-hybridized carbons (Fsp3) is 0.529. The van der Waals surface area contributed by atoms with E-state index in [9.17, 15) is 29.4 Å². The van der Waals surface area contributed by atoms with Crippen LogP contribution in [-0.2, 0) is 4.74 Å². The van der Waals surface area contributed by atoms with E-state index in [0.717, 1.165) is 0 Å². The SMILES string of the molecule is COc1c(NCCCNc2c(NC[C@H]3OC[C@H](O)[C@@H]3O)c(=O)c2=O)c(=O)c1=O. The summed E-state index contributed by atoms with van der Waals surface area (Å²) in [5.74, 6) is 0.00774. The molecule has 0 bridgehead atoms. The van der Waals surface area contributed by atoms with Gasteiger partial charge in [0, 0.05) is 19.6 Å². The Morgan fingerprint density at radius 3 is 2.07 bits per heavy atom. The Hall–Kier alpha value is -2.76. The van der Waals surface area contributed by atoms with Gasteiger partial charge < -0.3 is 35.6 Å². The molecule has 1 heterocycles. The highest BCUT2D eigenvalue weighted by atomic mass is 16.5. The lowest BCUT2D eigenvalue weighted by atomic mass is 10.1. The average molecular weight is 395 g/mol. The molecule has 2 aromatic rings. The summed E-state index contributed by atoms with van der Waals surface area (Å²) in [6.07, 6.45) is -2.22. The molecule has 5 N–H and O–H groups in total. The first kappa shape index (κ1) is 20.0. The fourth-order valence-corrected chi connectivity index (χ4v) is 3.02. The van der Waals surface area contributed by atoms with Gasteiger partial charge in [0.2, 0.25) is 0 Å². The number of hydrogen-bond acceptors (Lipinski definition) is 11. The minimum absolute atomic E-state index is 0.00681. The number of anilines is 3. The molecule has 0 unspecified atom stereocenters. The topological polar surface area (TPSA) is 163 Å². The molecule has 3 rings (SSSR count). The lowest BCUT2D eigenvalue weighted by molar-refractivity contribution is 0.0293. The Kier molecular flexibility index (Phi) is 5.77. The van der Waals surface area contributed by atoms with Gasteiger partial charge in [-0.2, -0.15) is 0 Å². The van der Waals surface area contributed by atoms with E-state index < -0.39 is 40.0 Å². The van der Waals surface area contributed by atoms with Gasteiger partial charge in [0.1, 0.15) is 35.4 Å². The largest absolute Gasteiger partial charge is 0.491 e. The average Bonchev–Trinajstić information content (AvgIpc) is 3.02. The maximum atomic E-state index is 11.7. The second-order valence-corrected chi connectivity index (χ2v) is 6.49.